The van der Waals surface area contributed by atoms with Crippen molar-refractivity contribution in [1.29, 1.82) is 0 Å². The number of hydrogen-bond donors (Lipinski definition) is 0. The summed E-state index contributed by atoms with van der Waals surface area (Å²) in [6.45, 7) is 5.54. The van der Waals surface area contributed by atoms with Gasteiger partial charge in [-0.3, -0.25) is 4.90 Å². The highest BCUT2D eigenvalue weighted by Crippen LogP contribution is 2.20. The van der Waals surface area contributed by atoms with Crippen molar-refractivity contribution in [2.45, 2.75) is 13.3 Å². The van der Waals surface area contributed by atoms with Gasteiger partial charge < -0.3 is 0 Å². The largest absolute Gasteiger partial charge is 0.300 e. The van der Waals surface area contributed by atoms with E-state index < -0.39 is 0 Å². The molecule has 74 valence electrons. The van der Waals surface area contributed by atoms with E-state index in [0.717, 1.165) is 26.1 Å². The number of likely N-dealkylation sites (N-methyl/N-ethyl adjacent to an activating group) is 1. The molecule has 0 N–H and O–H groups in total. The lowest BCUT2D eigenvalue weighted by atomic mass is 10.0. The summed E-state index contributed by atoms with van der Waals surface area (Å²) < 4.78 is 0. The summed E-state index contributed by atoms with van der Waals surface area (Å²) in [5.41, 5.74) is 2.55. The summed E-state index contributed by atoms with van der Waals surface area (Å²) in [6, 6.07) is 0. The predicted molar refractivity (Wildman–Crippen MR) is 56.7 cm³/mol. The number of hydrogen-bond acceptors (Lipinski definition) is 3. The van der Waals surface area contributed by atoms with Gasteiger partial charge in [-0.05, 0) is 18.5 Å². The summed E-state index contributed by atoms with van der Waals surface area (Å²) in [6.07, 6.45) is 8.75. The smallest absolute Gasteiger partial charge is 0.115 e. The molecule has 14 heavy (non-hydrogen) atoms. The Labute approximate surface area is 84.5 Å². The Morgan fingerprint density at radius 3 is 2.71 bits per heavy atom. The second kappa shape index (κ2) is 4.33. The Bertz CT molecular complexity index is 319. The van der Waals surface area contributed by atoms with E-state index in [0.29, 0.717) is 0 Å². The van der Waals surface area contributed by atoms with Gasteiger partial charge in [-0.2, -0.15) is 0 Å². The maximum atomic E-state index is 4.03. The van der Waals surface area contributed by atoms with Crippen LogP contribution in [0.15, 0.2) is 24.8 Å². The van der Waals surface area contributed by atoms with E-state index in [2.05, 4.69) is 27.9 Å². The topological polar surface area (TPSA) is 29.0 Å². The first-order valence-electron chi connectivity index (χ1n) is 5.07. The second-order valence-corrected chi connectivity index (χ2v) is 3.50. The molecule has 0 atom stereocenters. The standard InChI is InChI=1S/C11H15N3/c1-2-14-5-3-10(4-6-14)11-7-12-9-13-8-11/h3,7-9H,2,4-6H2,1H3. The Morgan fingerprint density at radius 1 is 1.36 bits per heavy atom. The summed E-state index contributed by atoms with van der Waals surface area (Å²) in [5, 5.41) is 0. The zero-order valence-electron chi connectivity index (χ0n) is 8.48. The third kappa shape index (κ3) is 1.99. The van der Waals surface area contributed by atoms with Crippen LogP contribution in [-0.2, 0) is 0 Å². The third-order valence-corrected chi connectivity index (χ3v) is 2.67. The molecule has 1 aromatic heterocycles. The molecule has 2 heterocycles. The summed E-state index contributed by atoms with van der Waals surface area (Å²) in [5.74, 6) is 0. The first kappa shape index (κ1) is 9.34. The molecule has 0 saturated carbocycles. The zero-order chi connectivity index (χ0) is 9.80. The van der Waals surface area contributed by atoms with Crippen LogP contribution in [0.25, 0.3) is 5.57 Å². The molecule has 0 bridgehead atoms. The minimum atomic E-state index is 1.06. The van der Waals surface area contributed by atoms with E-state index in [1.165, 1.54) is 11.1 Å². The first-order chi connectivity index (χ1) is 6.90. The Kier molecular flexibility index (Phi) is 2.89. The van der Waals surface area contributed by atoms with Crippen LogP contribution < -0.4 is 0 Å². The molecule has 0 unspecified atom stereocenters. The van der Waals surface area contributed by atoms with Crippen molar-refractivity contribution in [2.75, 3.05) is 19.6 Å². The maximum Gasteiger partial charge on any atom is 0.115 e. The van der Waals surface area contributed by atoms with Crippen molar-refractivity contribution >= 4 is 5.57 Å². The van der Waals surface area contributed by atoms with E-state index >= 15 is 0 Å². The maximum absolute atomic E-state index is 4.03. The fourth-order valence-corrected chi connectivity index (χ4v) is 1.73. The lowest BCUT2D eigenvalue weighted by Crippen LogP contribution is -2.28. The SMILES string of the molecule is CCN1CC=C(c2cncnc2)CC1. The monoisotopic (exact) mass is 189 g/mol. The van der Waals surface area contributed by atoms with Gasteiger partial charge in [0.05, 0.1) is 0 Å². The van der Waals surface area contributed by atoms with Gasteiger partial charge in [0.1, 0.15) is 6.33 Å². The van der Waals surface area contributed by atoms with Crippen molar-refractivity contribution in [3.05, 3.63) is 30.4 Å². The van der Waals surface area contributed by atoms with Gasteiger partial charge in [-0.15, -0.1) is 0 Å². The van der Waals surface area contributed by atoms with Gasteiger partial charge in [0.25, 0.3) is 0 Å². The molecular weight excluding hydrogens is 174 g/mol. The molecule has 0 aliphatic carbocycles. The van der Waals surface area contributed by atoms with Crippen molar-refractivity contribution in [2.24, 2.45) is 0 Å². The molecule has 0 fully saturated rings. The lowest BCUT2D eigenvalue weighted by molar-refractivity contribution is 0.318. The van der Waals surface area contributed by atoms with Crippen LogP contribution in [0.2, 0.25) is 0 Å². The fourth-order valence-electron chi connectivity index (χ4n) is 1.73. The van der Waals surface area contributed by atoms with Crippen LogP contribution in [0.5, 0.6) is 0 Å². The summed E-state index contributed by atoms with van der Waals surface area (Å²) in [4.78, 5) is 10.5. The Morgan fingerprint density at radius 2 is 2.14 bits per heavy atom. The molecule has 2 rings (SSSR count). The Balaban J connectivity index is 2.11. The van der Waals surface area contributed by atoms with Crippen LogP contribution >= 0.6 is 0 Å². The molecule has 1 aliphatic rings. The summed E-state index contributed by atoms with van der Waals surface area (Å²) in [7, 11) is 0. The van der Waals surface area contributed by atoms with Gasteiger partial charge in [0.15, 0.2) is 0 Å². The average molecular weight is 189 g/mol. The van der Waals surface area contributed by atoms with Crippen LogP contribution in [-0.4, -0.2) is 34.5 Å². The highest BCUT2D eigenvalue weighted by atomic mass is 15.1. The molecule has 3 heteroatoms. The van der Waals surface area contributed by atoms with Crippen molar-refractivity contribution in [3.63, 3.8) is 0 Å². The molecule has 0 amide bonds. The van der Waals surface area contributed by atoms with E-state index in [1.807, 2.05) is 12.4 Å². The van der Waals surface area contributed by atoms with Gasteiger partial charge in [-0.25, -0.2) is 9.97 Å². The molecule has 0 saturated heterocycles. The third-order valence-electron chi connectivity index (χ3n) is 2.67. The van der Waals surface area contributed by atoms with Gasteiger partial charge in [0.2, 0.25) is 0 Å². The molecule has 0 spiro atoms. The zero-order valence-corrected chi connectivity index (χ0v) is 8.48. The van der Waals surface area contributed by atoms with E-state index in [-0.39, 0.29) is 0 Å². The van der Waals surface area contributed by atoms with Gasteiger partial charge >= 0.3 is 0 Å². The van der Waals surface area contributed by atoms with Gasteiger partial charge in [0, 0.05) is 31.0 Å². The minimum absolute atomic E-state index is 1.06. The molecule has 1 aliphatic heterocycles. The fraction of sp³-hybridized carbons (Fsp3) is 0.455. The number of aromatic nitrogens is 2. The molecule has 0 aromatic carbocycles. The minimum Gasteiger partial charge on any atom is -0.300 e. The first-order valence-corrected chi connectivity index (χ1v) is 5.07. The summed E-state index contributed by atoms with van der Waals surface area (Å²) >= 11 is 0. The van der Waals surface area contributed by atoms with Crippen molar-refractivity contribution in [3.8, 4) is 0 Å². The van der Waals surface area contributed by atoms with E-state index in [4.69, 9.17) is 0 Å². The van der Waals surface area contributed by atoms with E-state index in [9.17, 15) is 0 Å². The number of nitrogens with zero attached hydrogens (tertiary/aromatic N) is 3. The normalized spacial score (nSPS) is 17.9. The van der Waals surface area contributed by atoms with Crippen LogP contribution in [0.3, 0.4) is 0 Å². The molecule has 3 nitrogen and oxygen atoms in total. The van der Waals surface area contributed by atoms with Crippen molar-refractivity contribution < 1.29 is 0 Å². The second-order valence-electron chi connectivity index (χ2n) is 3.50. The van der Waals surface area contributed by atoms with Gasteiger partial charge in [-0.1, -0.05) is 13.0 Å². The van der Waals surface area contributed by atoms with Crippen LogP contribution in [0.1, 0.15) is 18.9 Å². The molecular formula is C11H15N3. The lowest BCUT2D eigenvalue weighted by Gasteiger charge is -2.24. The van der Waals surface area contributed by atoms with E-state index in [1.54, 1.807) is 6.33 Å². The van der Waals surface area contributed by atoms with Crippen molar-refractivity contribution in [1.82, 2.24) is 14.9 Å². The average Bonchev–Trinajstić information content (AvgIpc) is 2.30. The molecule has 0 radical (unpaired) electrons. The predicted octanol–water partition coefficient (Wildman–Crippen LogP) is 1.59. The van der Waals surface area contributed by atoms with Crippen LogP contribution in [0, 0.1) is 0 Å². The number of rotatable bonds is 2. The quantitative estimate of drug-likeness (QED) is 0.707. The highest BCUT2D eigenvalue weighted by molar-refractivity contribution is 5.65. The highest BCUT2D eigenvalue weighted by Gasteiger charge is 2.10. The Hall–Kier alpha value is -1.22. The molecule has 1 aromatic rings. The van der Waals surface area contributed by atoms with Crippen LogP contribution in [0.4, 0.5) is 0 Å².